The highest BCUT2D eigenvalue weighted by Gasteiger charge is 2.34. The lowest BCUT2D eigenvalue weighted by atomic mass is 10.1. The van der Waals surface area contributed by atoms with Gasteiger partial charge in [-0.05, 0) is 12.5 Å². The first kappa shape index (κ1) is 13.1. The number of fused-ring (bicyclic) bond motifs is 1. The van der Waals surface area contributed by atoms with E-state index in [4.69, 9.17) is 5.73 Å². The van der Waals surface area contributed by atoms with Crippen molar-refractivity contribution in [2.75, 3.05) is 0 Å². The standard InChI is InChI=1S/C13H13F3N4/c14-13(15,16)10-4-2-1-3-9(10)12-18-11-7-8(17)5-6-20(11)19-12/h1-4,8H,5-7,17H2. The molecule has 0 bridgehead atoms. The van der Waals surface area contributed by atoms with Crippen LogP contribution in [0.3, 0.4) is 0 Å². The van der Waals surface area contributed by atoms with Gasteiger partial charge in [-0.25, -0.2) is 9.67 Å². The summed E-state index contributed by atoms with van der Waals surface area (Å²) < 4.78 is 40.6. The van der Waals surface area contributed by atoms with E-state index in [1.165, 1.54) is 12.1 Å². The SMILES string of the molecule is NC1CCn2nc(-c3ccccc3C(F)(F)F)nc2C1. The highest BCUT2D eigenvalue weighted by Crippen LogP contribution is 2.36. The molecule has 0 fully saturated rings. The molecule has 0 aliphatic carbocycles. The highest BCUT2D eigenvalue weighted by atomic mass is 19.4. The molecule has 1 atom stereocenters. The molecule has 0 spiro atoms. The van der Waals surface area contributed by atoms with Crippen molar-refractivity contribution in [3.05, 3.63) is 35.7 Å². The van der Waals surface area contributed by atoms with Crippen LogP contribution in [0.15, 0.2) is 24.3 Å². The zero-order valence-electron chi connectivity index (χ0n) is 10.6. The van der Waals surface area contributed by atoms with E-state index in [-0.39, 0.29) is 17.4 Å². The molecule has 0 amide bonds. The molecule has 20 heavy (non-hydrogen) atoms. The van der Waals surface area contributed by atoms with Crippen molar-refractivity contribution in [2.45, 2.75) is 31.6 Å². The Balaban J connectivity index is 2.07. The van der Waals surface area contributed by atoms with E-state index >= 15 is 0 Å². The Morgan fingerprint density at radius 2 is 2.00 bits per heavy atom. The number of benzene rings is 1. The summed E-state index contributed by atoms with van der Waals surface area (Å²) in [5, 5.41) is 4.18. The summed E-state index contributed by atoms with van der Waals surface area (Å²) in [6.07, 6.45) is -3.11. The van der Waals surface area contributed by atoms with Crippen LogP contribution in [0.2, 0.25) is 0 Å². The van der Waals surface area contributed by atoms with Gasteiger partial charge in [0, 0.05) is 24.6 Å². The highest BCUT2D eigenvalue weighted by molar-refractivity contribution is 5.60. The summed E-state index contributed by atoms with van der Waals surface area (Å²) in [6.45, 7) is 0.595. The van der Waals surface area contributed by atoms with E-state index < -0.39 is 11.7 Å². The van der Waals surface area contributed by atoms with Crippen LogP contribution in [0.5, 0.6) is 0 Å². The number of alkyl halides is 3. The number of hydrogen-bond acceptors (Lipinski definition) is 3. The summed E-state index contributed by atoms with van der Waals surface area (Å²) >= 11 is 0. The molecule has 1 aromatic carbocycles. The van der Waals surface area contributed by atoms with Crippen molar-refractivity contribution in [1.29, 1.82) is 0 Å². The fourth-order valence-electron chi connectivity index (χ4n) is 2.37. The lowest BCUT2D eigenvalue weighted by Crippen LogP contribution is -2.31. The minimum absolute atomic E-state index is 0.00240. The fraction of sp³-hybridized carbons (Fsp3) is 0.385. The van der Waals surface area contributed by atoms with Gasteiger partial charge in [0.2, 0.25) is 0 Å². The van der Waals surface area contributed by atoms with Crippen LogP contribution < -0.4 is 5.73 Å². The van der Waals surface area contributed by atoms with E-state index in [1.807, 2.05) is 0 Å². The monoisotopic (exact) mass is 282 g/mol. The Labute approximate surface area is 113 Å². The van der Waals surface area contributed by atoms with Crippen molar-refractivity contribution in [3.63, 3.8) is 0 Å². The van der Waals surface area contributed by atoms with E-state index in [0.29, 0.717) is 18.8 Å². The van der Waals surface area contributed by atoms with Crippen LogP contribution in [0.25, 0.3) is 11.4 Å². The van der Waals surface area contributed by atoms with Gasteiger partial charge in [-0.3, -0.25) is 0 Å². The molecule has 0 saturated carbocycles. The van der Waals surface area contributed by atoms with Crippen LogP contribution >= 0.6 is 0 Å². The van der Waals surface area contributed by atoms with Gasteiger partial charge >= 0.3 is 6.18 Å². The molecule has 1 aliphatic heterocycles. The van der Waals surface area contributed by atoms with Gasteiger partial charge < -0.3 is 5.73 Å². The normalized spacial score (nSPS) is 18.9. The number of halogens is 3. The number of nitrogens with two attached hydrogens (primary N) is 1. The van der Waals surface area contributed by atoms with Gasteiger partial charge in [-0.15, -0.1) is 0 Å². The molecule has 1 aliphatic rings. The Morgan fingerprint density at radius 3 is 2.75 bits per heavy atom. The van der Waals surface area contributed by atoms with Gasteiger partial charge in [0.25, 0.3) is 0 Å². The Morgan fingerprint density at radius 1 is 1.25 bits per heavy atom. The van der Waals surface area contributed by atoms with Crippen molar-refractivity contribution in [2.24, 2.45) is 5.73 Å². The predicted molar refractivity (Wildman–Crippen MR) is 66.8 cm³/mol. The van der Waals surface area contributed by atoms with Crippen molar-refractivity contribution < 1.29 is 13.2 Å². The molecular weight excluding hydrogens is 269 g/mol. The van der Waals surface area contributed by atoms with Crippen LogP contribution in [-0.4, -0.2) is 20.8 Å². The zero-order chi connectivity index (χ0) is 14.3. The lowest BCUT2D eigenvalue weighted by molar-refractivity contribution is -0.137. The Kier molecular flexibility index (Phi) is 3.01. The summed E-state index contributed by atoms with van der Waals surface area (Å²) in [5.74, 6) is 0.762. The predicted octanol–water partition coefficient (Wildman–Crippen LogP) is 2.24. The molecule has 2 aromatic rings. The number of rotatable bonds is 1. The fourth-order valence-corrected chi connectivity index (χ4v) is 2.37. The van der Waals surface area contributed by atoms with Crippen LogP contribution in [0.4, 0.5) is 13.2 Å². The maximum atomic E-state index is 13.0. The molecule has 0 saturated heterocycles. The number of aromatic nitrogens is 3. The summed E-state index contributed by atoms with van der Waals surface area (Å²) in [6, 6.07) is 5.34. The molecule has 2 N–H and O–H groups in total. The summed E-state index contributed by atoms with van der Waals surface area (Å²) in [4.78, 5) is 4.22. The van der Waals surface area contributed by atoms with Crippen LogP contribution in [0, 0.1) is 0 Å². The smallest absolute Gasteiger partial charge is 0.327 e. The third-order valence-corrected chi connectivity index (χ3v) is 3.38. The van der Waals surface area contributed by atoms with E-state index in [1.54, 1.807) is 10.7 Å². The first-order valence-electron chi connectivity index (χ1n) is 6.31. The van der Waals surface area contributed by atoms with E-state index in [0.717, 1.165) is 12.5 Å². The first-order valence-corrected chi connectivity index (χ1v) is 6.31. The third kappa shape index (κ3) is 2.29. The zero-order valence-corrected chi connectivity index (χ0v) is 10.6. The Bertz CT molecular complexity index is 633. The molecule has 106 valence electrons. The maximum Gasteiger partial charge on any atom is 0.417 e. The number of aryl methyl sites for hydroxylation is 1. The molecule has 3 rings (SSSR count). The van der Waals surface area contributed by atoms with E-state index in [9.17, 15) is 13.2 Å². The van der Waals surface area contributed by atoms with Gasteiger partial charge in [-0.2, -0.15) is 18.3 Å². The molecule has 4 nitrogen and oxygen atoms in total. The van der Waals surface area contributed by atoms with Gasteiger partial charge in [-0.1, -0.05) is 18.2 Å². The minimum atomic E-state index is -4.42. The summed E-state index contributed by atoms with van der Waals surface area (Å²) in [7, 11) is 0. The van der Waals surface area contributed by atoms with E-state index in [2.05, 4.69) is 10.1 Å². The minimum Gasteiger partial charge on any atom is -0.327 e. The quantitative estimate of drug-likeness (QED) is 0.872. The van der Waals surface area contributed by atoms with Crippen molar-refractivity contribution in [1.82, 2.24) is 14.8 Å². The number of hydrogen-bond donors (Lipinski definition) is 1. The lowest BCUT2D eigenvalue weighted by Gasteiger charge is -2.17. The molecule has 2 heterocycles. The van der Waals surface area contributed by atoms with Crippen molar-refractivity contribution in [3.8, 4) is 11.4 Å². The summed E-state index contributed by atoms with van der Waals surface area (Å²) in [5.41, 5.74) is 5.13. The van der Waals surface area contributed by atoms with Gasteiger partial charge in [0.05, 0.1) is 5.56 Å². The maximum absolute atomic E-state index is 13.0. The number of nitrogens with zero attached hydrogens (tertiary/aromatic N) is 3. The average molecular weight is 282 g/mol. The topological polar surface area (TPSA) is 56.7 Å². The molecular formula is C13H13F3N4. The third-order valence-electron chi connectivity index (χ3n) is 3.38. The van der Waals surface area contributed by atoms with Crippen molar-refractivity contribution >= 4 is 0 Å². The van der Waals surface area contributed by atoms with Crippen LogP contribution in [0.1, 0.15) is 17.8 Å². The first-order chi connectivity index (χ1) is 9.45. The molecule has 1 aromatic heterocycles. The second-order valence-electron chi connectivity index (χ2n) is 4.87. The van der Waals surface area contributed by atoms with Crippen LogP contribution in [-0.2, 0) is 19.1 Å². The van der Waals surface area contributed by atoms with Gasteiger partial charge in [0.1, 0.15) is 5.82 Å². The Hall–Kier alpha value is -1.89. The average Bonchev–Trinajstić information content (AvgIpc) is 2.80. The molecule has 7 heteroatoms. The van der Waals surface area contributed by atoms with Gasteiger partial charge in [0.15, 0.2) is 5.82 Å². The second-order valence-corrected chi connectivity index (χ2v) is 4.87. The molecule has 1 unspecified atom stereocenters. The molecule has 0 radical (unpaired) electrons. The largest absolute Gasteiger partial charge is 0.417 e. The second kappa shape index (κ2) is 4.59.